The first-order chi connectivity index (χ1) is 10.1. The molecule has 6 nitrogen and oxygen atoms in total. The van der Waals surface area contributed by atoms with Crippen molar-refractivity contribution in [1.82, 2.24) is 16.0 Å². The van der Waals surface area contributed by atoms with E-state index in [-0.39, 0.29) is 30.8 Å². The fourth-order valence-electron chi connectivity index (χ4n) is 1.55. The maximum atomic E-state index is 11.6. The van der Waals surface area contributed by atoms with E-state index in [1.807, 2.05) is 19.1 Å². The molecule has 1 aromatic rings. The average Bonchev–Trinajstić information content (AvgIpc) is 2.46. The van der Waals surface area contributed by atoms with Crippen LogP contribution in [0.2, 0.25) is 0 Å². The number of nitrogens with one attached hydrogen (secondary N) is 4. The van der Waals surface area contributed by atoms with Crippen LogP contribution < -0.4 is 21.3 Å². The Morgan fingerprint density at radius 3 is 2.36 bits per heavy atom. The highest BCUT2D eigenvalue weighted by Crippen LogP contribution is 2.13. The van der Waals surface area contributed by atoms with Gasteiger partial charge in [-0.2, -0.15) is 0 Å². The topological polar surface area (TPSA) is 82.3 Å². The zero-order valence-corrected chi connectivity index (χ0v) is 14.9. The van der Waals surface area contributed by atoms with E-state index in [0.717, 1.165) is 17.6 Å². The van der Waals surface area contributed by atoms with Gasteiger partial charge in [-0.25, -0.2) is 4.79 Å². The van der Waals surface area contributed by atoms with Crippen molar-refractivity contribution in [3.63, 3.8) is 0 Å². The van der Waals surface area contributed by atoms with E-state index in [0.29, 0.717) is 18.8 Å². The summed E-state index contributed by atoms with van der Waals surface area (Å²) in [6, 6.07) is 6.94. The van der Waals surface area contributed by atoms with Gasteiger partial charge in [-0.1, -0.05) is 22.9 Å². The summed E-state index contributed by atoms with van der Waals surface area (Å²) in [6.07, 6.45) is 0.264. The zero-order chi connectivity index (χ0) is 15.5. The molecule has 0 atom stereocenters. The van der Waals surface area contributed by atoms with Crippen LogP contribution in [0, 0.1) is 0 Å². The standard InChI is InChI=1S/C14H21BrN4O2.ClH/c1-2-16-9-10-17-13(20)7-8-18-14(21)19-12-5-3-11(15)4-6-12;/h3-6,16H,2,7-10H2,1H3,(H,17,20)(H2,18,19,21);1H. The van der Waals surface area contributed by atoms with Gasteiger partial charge in [0, 0.05) is 36.2 Å². The van der Waals surface area contributed by atoms with Gasteiger partial charge >= 0.3 is 6.03 Å². The summed E-state index contributed by atoms with van der Waals surface area (Å²) >= 11 is 3.32. The summed E-state index contributed by atoms with van der Waals surface area (Å²) in [5.41, 5.74) is 0.700. The number of amides is 3. The molecule has 0 aromatic heterocycles. The number of carbonyl (C=O) groups is 2. The van der Waals surface area contributed by atoms with Gasteiger partial charge in [0.15, 0.2) is 0 Å². The number of rotatable bonds is 8. The third-order valence-corrected chi connectivity index (χ3v) is 3.14. The molecule has 1 rings (SSSR count). The molecule has 0 spiro atoms. The second-order valence-corrected chi connectivity index (χ2v) is 5.26. The number of benzene rings is 1. The van der Waals surface area contributed by atoms with Crippen molar-refractivity contribution in [2.75, 3.05) is 31.5 Å². The number of anilines is 1. The first-order valence-electron chi connectivity index (χ1n) is 6.89. The average molecular weight is 394 g/mol. The lowest BCUT2D eigenvalue weighted by Gasteiger charge is -2.08. The van der Waals surface area contributed by atoms with Crippen LogP contribution in [0.15, 0.2) is 28.7 Å². The van der Waals surface area contributed by atoms with E-state index >= 15 is 0 Å². The van der Waals surface area contributed by atoms with E-state index in [9.17, 15) is 9.59 Å². The van der Waals surface area contributed by atoms with Crippen molar-refractivity contribution in [1.29, 1.82) is 0 Å². The molecule has 0 heterocycles. The SMILES string of the molecule is CCNCCNC(=O)CCNC(=O)Nc1ccc(Br)cc1.Cl. The second-order valence-electron chi connectivity index (χ2n) is 4.34. The van der Waals surface area contributed by atoms with Crippen LogP contribution in [0.4, 0.5) is 10.5 Å². The third-order valence-electron chi connectivity index (χ3n) is 2.61. The molecule has 124 valence electrons. The normalized spacial score (nSPS) is 9.55. The van der Waals surface area contributed by atoms with Gasteiger partial charge in [0.05, 0.1) is 0 Å². The number of likely N-dealkylation sites (N-methyl/N-ethyl adjacent to an activating group) is 1. The highest BCUT2D eigenvalue weighted by molar-refractivity contribution is 9.10. The van der Waals surface area contributed by atoms with E-state index in [2.05, 4.69) is 37.2 Å². The predicted octanol–water partition coefficient (Wildman–Crippen LogP) is 2.11. The Hall–Kier alpha value is -1.31. The van der Waals surface area contributed by atoms with Crippen LogP contribution in [0.25, 0.3) is 0 Å². The number of carbonyl (C=O) groups excluding carboxylic acids is 2. The minimum absolute atomic E-state index is 0. The Balaban J connectivity index is 0.00000441. The van der Waals surface area contributed by atoms with E-state index in [1.54, 1.807) is 12.1 Å². The van der Waals surface area contributed by atoms with E-state index in [4.69, 9.17) is 0 Å². The number of hydrogen-bond donors (Lipinski definition) is 4. The van der Waals surface area contributed by atoms with Crippen molar-refractivity contribution in [3.8, 4) is 0 Å². The monoisotopic (exact) mass is 392 g/mol. The lowest BCUT2D eigenvalue weighted by Crippen LogP contribution is -2.35. The molecule has 1 aromatic carbocycles. The minimum Gasteiger partial charge on any atom is -0.355 e. The first kappa shape index (κ1) is 20.7. The molecule has 0 radical (unpaired) electrons. The lowest BCUT2D eigenvalue weighted by molar-refractivity contribution is -0.120. The molecule has 0 fully saturated rings. The molecule has 0 aliphatic heterocycles. The summed E-state index contributed by atoms with van der Waals surface area (Å²) in [5.74, 6) is -0.0724. The predicted molar refractivity (Wildman–Crippen MR) is 94.6 cm³/mol. The molecule has 3 amide bonds. The summed E-state index contributed by atoms with van der Waals surface area (Å²) in [5, 5.41) is 11.2. The van der Waals surface area contributed by atoms with Gasteiger partial charge in [0.25, 0.3) is 0 Å². The van der Waals surface area contributed by atoms with Crippen LogP contribution in [0.1, 0.15) is 13.3 Å². The highest BCUT2D eigenvalue weighted by atomic mass is 79.9. The Morgan fingerprint density at radius 1 is 1.05 bits per heavy atom. The quantitative estimate of drug-likeness (QED) is 0.511. The van der Waals surface area contributed by atoms with Crippen molar-refractivity contribution in [2.24, 2.45) is 0 Å². The lowest BCUT2D eigenvalue weighted by atomic mass is 10.3. The van der Waals surface area contributed by atoms with Gasteiger partial charge in [-0.05, 0) is 30.8 Å². The van der Waals surface area contributed by atoms with Crippen molar-refractivity contribution >= 4 is 46.0 Å². The van der Waals surface area contributed by atoms with Crippen LogP contribution in [-0.2, 0) is 4.79 Å². The maximum Gasteiger partial charge on any atom is 0.319 e. The summed E-state index contributed by atoms with van der Waals surface area (Å²) in [7, 11) is 0. The van der Waals surface area contributed by atoms with E-state index in [1.165, 1.54) is 0 Å². The van der Waals surface area contributed by atoms with Crippen LogP contribution in [0.3, 0.4) is 0 Å². The summed E-state index contributed by atoms with van der Waals surface area (Å²) in [4.78, 5) is 23.1. The van der Waals surface area contributed by atoms with Crippen molar-refractivity contribution in [2.45, 2.75) is 13.3 Å². The third kappa shape index (κ3) is 9.59. The fourth-order valence-corrected chi connectivity index (χ4v) is 1.82. The van der Waals surface area contributed by atoms with Gasteiger partial charge < -0.3 is 21.3 Å². The molecular weight excluding hydrogens is 372 g/mol. The molecule has 8 heteroatoms. The van der Waals surface area contributed by atoms with Gasteiger partial charge in [-0.15, -0.1) is 12.4 Å². The Kier molecular flexibility index (Phi) is 11.5. The van der Waals surface area contributed by atoms with Gasteiger partial charge in [0.1, 0.15) is 0 Å². The highest BCUT2D eigenvalue weighted by Gasteiger charge is 2.04. The Morgan fingerprint density at radius 2 is 1.73 bits per heavy atom. The van der Waals surface area contributed by atoms with Crippen LogP contribution >= 0.6 is 28.3 Å². The molecule has 22 heavy (non-hydrogen) atoms. The van der Waals surface area contributed by atoms with Crippen molar-refractivity contribution < 1.29 is 9.59 Å². The molecule has 0 saturated carbocycles. The Bertz CT molecular complexity index is 457. The molecule has 0 aliphatic carbocycles. The Labute approximate surface area is 145 Å². The molecule has 4 N–H and O–H groups in total. The number of hydrogen-bond acceptors (Lipinski definition) is 3. The molecule has 0 unspecified atom stereocenters. The second kappa shape index (κ2) is 12.3. The molecular formula is C14H22BrClN4O2. The number of halogens is 2. The summed E-state index contributed by atoms with van der Waals surface area (Å²) in [6.45, 7) is 4.54. The van der Waals surface area contributed by atoms with Crippen LogP contribution in [0.5, 0.6) is 0 Å². The van der Waals surface area contributed by atoms with Crippen LogP contribution in [-0.4, -0.2) is 38.1 Å². The van der Waals surface area contributed by atoms with Crippen molar-refractivity contribution in [3.05, 3.63) is 28.7 Å². The van der Waals surface area contributed by atoms with Gasteiger partial charge in [-0.3, -0.25) is 4.79 Å². The summed E-state index contributed by atoms with van der Waals surface area (Å²) < 4.78 is 0.947. The smallest absolute Gasteiger partial charge is 0.319 e. The first-order valence-corrected chi connectivity index (χ1v) is 7.69. The number of urea groups is 1. The van der Waals surface area contributed by atoms with E-state index < -0.39 is 0 Å². The van der Waals surface area contributed by atoms with Gasteiger partial charge in [0.2, 0.25) is 5.91 Å². The maximum absolute atomic E-state index is 11.6. The molecule has 0 aliphatic rings. The molecule has 0 saturated heterocycles. The minimum atomic E-state index is -0.322. The fraction of sp³-hybridized carbons (Fsp3) is 0.429. The largest absolute Gasteiger partial charge is 0.355 e. The zero-order valence-electron chi connectivity index (χ0n) is 12.4. The molecule has 0 bridgehead atoms.